The van der Waals surface area contributed by atoms with Crippen LogP contribution in [0.2, 0.25) is 0 Å². The van der Waals surface area contributed by atoms with E-state index in [2.05, 4.69) is 15.0 Å². The highest BCUT2D eigenvalue weighted by Gasteiger charge is 2.11. The molecule has 1 aromatic carbocycles. The minimum atomic E-state index is -0.285. The number of aromatic amines is 1. The molecule has 6 heteroatoms. The van der Waals surface area contributed by atoms with E-state index in [0.717, 1.165) is 15.6 Å². The number of hydrogen-bond donors (Lipinski definition) is 2. The Morgan fingerprint density at radius 3 is 3.00 bits per heavy atom. The first-order valence-corrected chi connectivity index (χ1v) is 7.57. The van der Waals surface area contributed by atoms with E-state index in [0.29, 0.717) is 22.4 Å². The second-order valence-corrected chi connectivity index (χ2v) is 6.05. The zero-order valence-corrected chi connectivity index (χ0v) is 12.4. The molecule has 0 unspecified atom stereocenters. The minimum Gasteiger partial charge on any atom is -0.508 e. The quantitative estimate of drug-likeness (QED) is 0.566. The van der Waals surface area contributed by atoms with Gasteiger partial charge in [-0.25, -0.2) is 4.98 Å². The van der Waals surface area contributed by atoms with Gasteiger partial charge >= 0.3 is 0 Å². The molecule has 0 spiro atoms. The van der Waals surface area contributed by atoms with Crippen molar-refractivity contribution in [1.29, 1.82) is 0 Å². The molecule has 22 heavy (non-hydrogen) atoms. The van der Waals surface area contributed by atoms with Crippen LogP contribution in [-0.4, -0.2) is 20.1 Å². The van der Waals surface area contributed by atoms with E-state index >= 15 is 0 Å². The van der Waals surface area contributed by atoms with Crippen LogP contribution in [0.3, 0.4) is 0 Å². The number of hydrogen-bond acceptors (Lipinski definition) is 5. The first kappa shape index (κ1) is 13.0. The molecule has 5 nitrogen and oxygen atoms in total. The summed E-state index contributed by atoms with van der Waals surface area (Å²) < 4.78 is 1.09. The van der Waals surface area contributed by atoms with E-state index in [-0.39, 0.29) is 11.3 Å². The maximum Gasteiger partial charge on any atom is 0.259 e. The van der Waals surface area contributed by atoms with Crippen LogP contribution in [0.25, 0.3) is 32.5 Å². The van der Waals surface area contributed by atoms with Gasteiger partial charge < -0.3 is 10.1 Å². The van der Waals surface area contributed by atoms with Crippen LogP contribution >= 0.6 is 11.3 Å². The summed E-state index contributed by atoms with van der Waals surface area (Å²) in [6.45, 7) is 1.81. The number of pyridine rings is 1. The molecular formula is C16H11N3O2S. The Labute approximate surface area is 128 Å². The molecule has 0 radical (unpaired) electrons. The van der Waals surface area contributed by atoms with Crippen molar-refractivity contribution >= 4 is 32.3 Å². The van der Waals surface area contributed by atoms with Gasteiger partial charge in [0.2, 0.25) is 0 Å². The molecule has 0 amide bonds. The summed E-state index contributed by atoms with van der Waals surface area (Å²) >= 11 is 1.62. The molecule has 4 aromatic rings. The molecular weight excluding hydrogens is 298 g/mol. The summed E-state index contributed by atoms with van der Waals surface area (Å²) in [5.41, 5.74) is 1.66. The molecule has 4 rings (SSSR count). The lowest BCUT2D eigenvalue weighted by atomic mass is 10.1. The van der Waals surface area contributed by atoms with Gasteiger partial charge in [0.15, 0.2) is 5.82 Å². The van der Waals surface area contributed by atoms with Gasteiger partial charge in [-0.15, -0.1) is 11.3 Å². The van der Waals surface area contributed by atoms with Crippen molar-refractivity contribution in [1.82, 2.24) is 15.0 Å². The molecule has 0 aliphatic carbocycles. The topological polar surface area (TPSA) is 78.9 Å². The zero-order valence-electron chi connectivity index (χ0n) is 11.6. The van der Waals surface area contributed by atoms with E-state index < -0.39 is 0 Å². The van der Waals surface area contributed by atoms with Gasteiger partial charge in [0.1, 0.15) is 11.4 Å². The Kier molecular flexibility index (Phi) is 2.74. The number of phenols is 1. The molecule has 3 aromatic heterocycles. The van der Waals surface area contributed by atoms with Crippen LogP contribution in [-0.2, 0) is 0 Å². The fraction of sp³-hybridized carbons (Fsp3) is 0.0625. The number of aromatic nitrogens is 3. The van der Waals surface area contributed by atoms with E-state index in [4.69, 9.17) is 0 Å². The normalized spacial score (nSPS) is 11.3. The third kappa shape index (κ3) is 1.96. The first-order chi connectivity index (χ1) is 10.6. The fourth-order valence-electron chi connectivity index (χ4n) is 2.50. The van der Waals surface area contributed by atoms with Gasteiger partial charge in [0, 0.05) is 16.3 Å². The van der Waals surface area contributed by atoms with Crippen LogP contribution in [0.1, 0.15) is 5.56 Å². The van der Waals surface area contributed by atoms with Crippen molar-refractivity contribution in [2.24, 2.45) is 0 Å². The number of fused-ring (bicyclic) bond motifs is 2. The van der Waals surface area contributed by atoms with Crippen molar-refractivity contribution in [3.05, 3.63) is 51.8 Å². The maximum absolute atomic E-state index is 12.3. The second kappa shape index (κ2) is 4.64. The summed E-state index contributed by atoms with van der Waals surface area (Å²) in [6.07, 6.45) is 1.77. The molecule has 0 fully saturated rings. The smallest absolute Gasteiger partial charge is 0.259 e. The molecule has 0 aliphatic heterocycles. The number of rotatable bonds is 1. The SMILES string of the molecule is Cc1cc(O)cc2c(=O)[nH]c(-c3cc4sccc4cn3)nc12. The number of aryl methyl sites for hydroxylation is 1. The maximum atomic E-state index is 12.3. The standard InChI is InChI=1S/C16H11N3O2S/c1-8-4-10(20)5-11-14(8)18-15(19-16(11)21)12-6-13-9(7-17-12)2-3-22-13/h2-7,20H,1H3,(H,18,19,21). The van der Waals surface area contributed by atoms with Gasteiger partial charge in [0.25, 0.3) is 5.56 Å². The highest BCUT2D eigenvalue weighted by atomic mass is 32.1. The highest BCUT2D eigenvalue weighted by molar-refractivity contribution is 7.17. The molecule has 0 saturated heterocycles. The number of thiophene rings is 1. The number of benzene rings is 1. The van der Waals surface area contributed by atoms with Gasteiger partial charge in [-0.2, -0.15) is 0 Å². The van der Waals surface area contributed by atoms with Crippen LogP contribution in [0.15, 0.2) is 40.6 Å². The number of phenolic OH excluding ortho intramolecular Hbond substituents is 1. The number of H-pyrrole nitrogens is 1. The van der Waals surface area contributed by atoms with Crippen molar-refractivity contribution in [2.75, 3.05) is 0 Å². The largest absolute Gasteiger partial charge is 0.508 e. The third-order valence-electron chi connectivity index (χ3n) is 3.57. The van der Waals surface area contributed by atoms with Crippen molar-refractivity contribution in [3.8, 4) is 17.3 Å². The number of aromatic hydroxyl groups is 1. The lowest BCUT2D eigenvalue weighted by Gasteiger charge is -2.05. The molecule has 0 bridgehead atoms. The van der Waals surface area contributed by atoms with Gasteiger partial charge in [0.05, 0.1) is 10.9 Å². The summed E-state index contributed by atoms with van der Waals surface area (Å²) in [6, 6.07) is 6.93. The summed E-state index contributed by atoms with van der Waals surface area (Å²) in [5.74, 6) is 0.491. The van der Waals surface area contributed by atoms with Crippen molar-refractivity contribution < 1.29 is 5.11 Å². The summed E-state index contributed by atoms with van der Waals surface area (Å²) in [4.78, 5) is 23.9. The van der Waals surface area contributed by atoms with E-state index in [1.165, 1.54) is 6.07 Å². The number of nitrogens with one attached hydrogen (secondary N) is 1. The highest BCUT2D eigenvalue weighted by Crippen LogP contribution is 2.25. The minimum absolute atomic E-state index is 0.0585. The van der Waals surface area contributed by atoms with Crippen LogP contribution in [0.4, 0.5) is 0 Å². The predicted octanol–water partition coefficient (Wildman–Crippen LogP) is 3.21. The monoisotopic (exact) mass is 309 g/mol. The average Bonchev–Trinajstić information content (AvgIpc) is 2.95. The molecule has 0 atom stereocenters. The van der Waals surface area contributed by atoms with Gasteiger partial charge in [-0.1, -0.05) is 0 Å². The Hall–Kier alpha value is -2.73. The number of nitrogens with zero attached hydrogens (tertiary/aromatic N) is 2. The van der Waals surface area contributed by atoms with E-state index in [1.54, 1.807) is 23.6 Å². The van der Waals surface area contributed by atoms with Crippen LogP contribution in [0.5, 0.6) is 5.75 Å². The van der Waals surface area contributed by atoms with Gasteiger partial charge in [-0.3, -0.25) is 9.78 Å². The molecule has 3 heterocycles. The third-order valence-corrected chi connectivity index (χ3v) is 4.45. The molecule has 108 valence electrons. The predicted molar refractivity (Wildman–Crippen MR) is 87.4 cm³/mol. The van der Waals surface area contributed by atoms with E-state index in [9.17, 15) is 9.90 Å². The second-order valence-electron chi connectivity index (χ2n) is 5.10. The van der Waals surface area contributed by atoms with Crippen LogP contribution in [0, 0.1) is 6.92 Å². The van der Waals surface area contributed by atoms with Crippen LogP contribution < -0.4 is 5.56 Å². The lowest BCUT2D eigenvalue weighted by molar-refractivity contribution is 0.475. The Morgan fingerprint density at radius 1 is 1.27 bits per heavy atom. The van der Waals surface area contributed by atoms with E-state index in [1.807, 2.05) is 24.4 Å². The lowest BCUT2D eigenvalue weighted by Crippen LogP contribution is -2.10. The fourth-order valence-corrected chi connectivity index (χ4v) is 3.30. The van der Waals surface area contributed by atoms with Crippen molar-refractivity contribution in [2.45, 2.75) is 6.92 Å². The summed E-state index contributed by atoms with van der Waals surface area (Å²) in [5, 5.41) is 13.1. The Morgan fingerprint density at radius 2 is 2.14 bits per heavy atom. The molecule has 2 N–H and O–H groups in total. The summed E-state index contributed by atoms with van der Waals surface area (Å²) in [7, 11) is 0. The Bertz CT molecular complexity index is 1080. The van der Waals surface area contributed by atoms with Crippen molar-refractivity contribution in [3.63, 3.8) is 0 Å². The van der Waals surface area contributed by atoms with Gasteiger partial charge in [-0.05, 0) is 42.1 Å². The zero-order chi connectivity index (χ0) is 15.3. The molecule has 0 aliphatic rings. The average molecular weight is 309 g/mol. The molecule has 0 saturated carbocycles. The first-order valence-electron chi connectivity index (χ1n) is 6.69. The Balaban J connectivity index is 2.00.